The number of hydrogen-bond acceptors (Lipinski definition) is 5. The molecule has 1 aliphatic heterocycles. The first kappa shape index (κ1) is 21.3. The molecule has 0 aliphatic carbocycles. The smallest absolute Gasteiger partial charge is 0.387 e. The van der Waals surface area contributed by atoms with E-state index in [0.717, 1.165) is 25.1 Å². The molecule has 0 saturated carbocycles. The summed E-state index contributed by atoms with van der Waals surface area (Å²) >= 11 is 0. The molecule has 3 rings (SSSR count). The van der Waals surface area contributed by atoms with Gasteiger partial charge in [0, 0.05) is 12.5 Å². The molecule has 6 nitrogen and oxygen atoms in total. The molecule has 158 valence electrons. The fraction of sp³-hybridized carbons (Fsp3) is 0.400. The lowest BCUT2D eigenvalue weighted by atomic mass is 9.97. The van der Waals surface area contributed by atoms with Gasteiger partial charge >= 0.3 is 6.61 Å². The Kier molecular flexibility index (Phi) is 6.28. The summed E-state index contributed by atoms with van der Waals surface area (Å²) in [6, 6.07) is 8.98. The second kappa shape index (κ2) is 8.54. The highest BCUT2D eigenvalue weighted by atomic mass is 32.2. The van der Waals surface area contributed by atoms with E-state index in [1.54, 1.807) is 32.2 Å². The van der Waals surface area contributed by atoms with Crippen LogP contribution in [-0.4, -0.2) is 47.2 Å². The summed E-state index contributed by atoms with van der Waals surface area (Å²) < 4.78 is 63.6. The summed E-state index contributed by atoms with van der Waals surface area (Å²) in [5, 5.41) is 0. The van der Waals surface area contributed by atoms with Crippen molar-refractivity contribution in [3.63, 3.8) is 0 Å². The summed E-state index contributed by atoms with van der Waals surface area (Å²) in [4.78, 5) is 2.21. The highest BCUT2D eigenvalue weighted by Crippen LogP contribution is 2.36. The number of benzene rings is 2. The molecule has 1 aliphatic rings. The van der Waals surface area contributed by atoms with Crippen LogP contribution in [-0.2, 0) is 10.0 Å². The van der Waals surface area contributed by atoms with Crippen molar-refractivity contribution in [3.05, 3.63) is 47.5 Å². The third kappa shape index (κ3) is 4.97. The summed E-state index contributed by atoms with van der Waals surface area (Å²) in [7, 11) is -0.466. The van der Waals surface area contributed by atoms with E-state index in [4.69, 9.17) is 4.74 Å². The van der Waals surface area contributed by atoms with Crippen LogP contribution in [0.25, 0.3) is 0 Å². The van der Waals surface area contributed by atoms with Crippen molar-refractivity contribution in [2.75, 3.05) is 32.0 Å². The molecule has 0 bridgehead atoms. The minimum absolute atomic E-state index is 0.0346. The molecule has 1 fully saturated rings. The van der Waals surface area contributed by atoms with Crippen LogP contribution in [0.5, 0.6) is 11.5 Å². The maximum Gasteiger partial charge on any atom is 0.387 e. The van der Waals surface area contributed by atoms with E-state index in [-0.39, 0.29) is 22.3 Å². The molecule has 1 N–H and O–H groups in total. The molecule has 0 spiro atoms. The average molecular weight is 426 g/mol. The second-order valence-corrected chi connectivity index (χ2v) is 8.82. The minimum atomic E-state index is -4.02. The maximum atomic E-state index is 13.0. The van der Waals surface area contributed by atoms with Crippen molar-refractivity contribution in [3.8, 4) is 11.5 Å². The Morgan fingerprint density at radius 2 is 1.90 bits per heavy atom. The number of methoxy groups -OCH3 is 1. The van der Waals surface area contributed by atoms with E-state index in [9.17, 15) is 17.2 Å². The standard InChI is InChI=1S/C20H24F2N2O4S/c1-13-4-6-19(28-20(21)22)17(10-13)23-29(25,26)15-5-7-18(27-3)16(11-15)14-8-9-24(2)12-14/h4-7,10-11,14,20,23H,8-9,12H2,1-3H3. The molecular weight excluding hydrogens is 402 g/mol. The third-order valence-electron chi connectivity index (χ3n) is 4.94. The molecule has 1 atom stereocenters. The van der Waals surface area contributed by atoms with E-state index in [0.29, 0.717) is 11.3 Å². The van der Waals surface area contributed by atoms with Gasteiger partial charge in [0.2, 0.25) is 0 Å². The number of alkyl halides is 2. The number of aryl methyl sites for hydroxylation is 1. The zero-order valence-electron chi connectivity index (χ0n) is 16.5. The topological polar surface area (TPSA) is 67.9 Å². The van der Waals surface area contributed by atoms with Gasteiger partial charge in [-0.05, 0) is 68.4 Å². The van der Waals surface area contributed by atoms with Gasteiger partial charge in [0.15, 0.2) is 0 Å². The Morgan fingerprint density at radius 3 is 2.52 bits per heavy atom. The van der Waals surface area contributed by atoms with Gasteiger partial charge in [-0.25, -0.2) is 8.42 Å². The van der Waals surface area contributed by atoms with Gasteiger partial charge in [-0.1, -0.05) is 6.07 Å². The van der Waals surface area contributed by atoms with Crippen molar-refractivity contribution in [2.24, 2.45) is 0 Å². The predicted octanol–water partition coefficient (Wildman–Crippen LogP) is 3.82. The van der Waals surface area contributed by atoms with Crippen LogP contribution in [0.1, 0.15) is 23.5 Å². The number of nitrogens with one attached hydrogen (secondary N) is 1. The Bertz CT molecular complexity index is 982. The van der Waals surface area contributed by atoms with Crippen LogP contribution in [0.4, 0.5) is 14.5 Å². The quantitative estimate of drug-likeness (QED) is 0.729. The van der Waals surface area contributed by atoms with Crippen molar-refractivity contribution in [2.45, 2.75) is 30.8 Å². The number of likely N-dealkylation sites (N-methyl/N-ethyl adjacent to an activating group) is 1. The number of rotatable bonds is 7. The molecule has 0 radical (unpaired) electrons. The first-order valence-corrected chi connectivity index (χ1v) is 10.6. The fourth-order valence-corrected chi connectivity index (χ4v) is 4.61. The Hall–Kier alpha value is -2.39. The summed E-state index contributed by atoms with van der Waals surface area (Å²) in [5.74, 6) is 0.545. The van der Waals surface area contributed by atoms with Gasteiger partial charge in [-0.2, -0.15) is 8.78 Å². The summed E-state index contributed by atoms with van der Waals surface area (Å²) in [6.45, 7) is 0.387. The normalized spacial score (nSPS) is 17.5. The van der Waals surface area contributed by atoms with Gasteiger partial charge in [0.1, 0.15) is 11.5 Å². The summed E-state index contributed by atoms with van der Waals surface area (Å²) in [5.41, 5.74) is 1.48. The molecule has 9 heteroatoms. The molecule has 2 aromatic carbocycles. The minimum Gasteiger partial charge on any atom is -0.496 e. The van der Waals surface area contributed by atoms with Crippen molar-refractivity contribution in [1.82, 2.24) is 4.90 Å². The van der Waals surface area contributed by atoms with E-state index in [1.165, 1.54) is 18.2 Å². The lowest BCUT2D eigenvalue weighted by molar-refractivity contribution is -0.0493. The Morgan fingerprint density at radius 1 is 1.17 bits per heavy atom. The molecule has 1 heterocycles. The number of ether oxygens (including phenoxy) is 2. The first-order chi connectivity index (χ1) is 13.7. The van der Waals surface area contributed by atoms with Gasteiger partial charge in [0.25, 0.3) is 10.0 Å². The first-order valence-electron chi connectivity index (χ1n) is 9.14. The van der Waals surface area contributed by atoms with Crippen molar-refractivity contribution in [1.29, 1.82) is 0 Å². The second-order valence-electron chi connectivity index (χ2n) is 7.14. The zero-order chi connectivity index (χ0) is 21.2. The highest BCUT2D eigenvalue weighted by molar-refractivity contribution is 7.92. The van der Waals surface area contributed by atoms with E-state index in [1.807, 2.05) is 7.05 Å². The SMILES string of the molecule is COc1ccc(S(=O)(=O)Nc2cc(C)ccc2OC(F)F)cc1C1CCN(C)C1. The Labute approximate surface area is 169 Å². The number of likely N-dealkylation sites (tertiary alicyclic amines) is 1. The number of halogens is 2. The van der Waals surface area contributed by atoms with E-state index in [2.05, 4.69) is 14.4 Å². The molecular formula is C20H24F2N2O4S. The number of anilines is 1. The van der Waals surface area contributed by atoms with Gasteiger partial charge in [-0.15, -0.1) is 0 Å². The number of nitrogens with zero attached hydrogens (tertiary/aromatic N) is 1. The van der Waals surface area contributed by atoms with Gasteiger partial charge in [0.05, 0.1) is 17.7 Å². The van der Waals surface area contributed by atoms with Crippen LogP contribution >= 0.6 is 0 Å². The van der Waals surface area contributed by atoms with Gasteiger partial charge in [-0.3, -0.25) is 4.72 Å². The predicted molar refractivity (Wildman–Crippen MR) is 106 cm³/mol. The average Bonchev–Trinajstić information content (AvgIpc) is 3.09. The molecule has 0 aromatic heterocycles. The van der Waals surface area contributed by atoms with Gasteiger partial charge < -0.3 is 14.4 Å². The summed E-state index contributed by atoms with van der Waals surface area (Å²) in [6.07, 6.45) is 0.897. The van der Waals surface area contributed by atoms with Crippen molar-refractivity contribution < 1.29 is 26.7 Å². The molecule has 0 amide bonds. The van der Waals surface area contributed by atoms with Crippen LogP contribution in [0, 0.1) is 6.92 Å². The van der Waals surface area contributed by atoms with E-state index < -0.39 is 16.6 Å². The molecule has 29 heavy (non-hydrogen) atoms. The van der Waals surface area contributed by atoms with Crippen LogP contribution in [0.2, 0.25) is 0 Å². The molecule has 1 saturated heterocycles. The fourth-order valence-electron chi connectivity index (χ4n) is 3.51. The number of sulfonamides is 1. The lowest BCUT2D eigenvalue weighted by Crippen LogP contribution is -2.16. The third-order valence-corrected chi connectivity index (χ3v) is 6.30. The largest absolute Gasteiger partial charge is 0.496 e. The number of hydrogen-bond donors (Lipinski definition) is 1. The maximum absolute atomic E-state index is 13.0. The Balaban J connectivity index is 1.95. The van der Waals surface area contributed by atoms with Crippen LogP contribution in [0.15, 0.2) is 41.3 Å². The molecule has 1 unspecified atom stereocenters. The molecule has 2 aromatic rings. The van der Waals surface area contributed by atoms with Crippen LogP contribution < -0.4 is 14.2 Å². The zero-order valence-corrected chi connectivity index (χ0v) is 17.3. The van der Waals surface area contributed by atoms with E-state index >= 15 is 0 Å². The lowest BCUT2D eigenvalue weighted by Gasteiger charge is -2.18. The monoisotopic (exact) mass is 426 g/mol. The van der Waals surface area contributed by atoms with Crippen LogP contribution in [0.3, 0.4) is 0 Å². The van der Waals surface area contributed by atoms with Crippen molar-refractivity contribution >= 4 is 15.7 Å². The highest BCUT2D eigenvalue weighted by Gasteiger charge is 2.26.